The Labute approximate surface area is 193 Å². The van der Waals surface area contributed by atoms with Gasteiger partial charge in [-0.3, -0.25) is 4.79 Å². The molecule has 0 aliphatic heterocycles. The third-order valence-corrected chi connectivity index (χ3v) is 7.99. The van der Waals surface area contributed by atoms with Crippen LogP contribution >= 0.6 is 11.8 Å². The highest BCUT2D eigenvalue weighted by atomic mass is 32.2. The summed E-state index contributed by atoms with van der Waals surface area (Å²) in [6, 6.07) is 14.1. The SMILES string of the molecule is CCN(CC)S(=O)(=O)c1ccc(NC(=O)CSc2nc3ccccc3n2CCOC)cc1. The number of anilines is 1. The fourth-order valence-electron chi connectivity index (χ4n) is 3.31. The van der Waals surface area contributed by atoms with E-state index in [0.717, 1.165) is 16.2 Å². The van der Waals surface area contributed by atoms with Crippen molar-refractivity contribution in [3.8, 4) is 0 Å². The number of rotatable bonds is 11. The zero-order chi connectivity index (χ0) is 23.1. The number of fused-ring (bicyclic) bond motifs is 1. The van der Waals surface area contributed by atoms with Crippen LogP contribution in [-0.2, 0) is 26.1 Å². The predicted octanol–water partition coefficient (Wildman–Crippen LogP) is 3.44. The quantitative estimate of drug-likeness (QED) is 0.426. The van der Waals surface area contributed by atoms with Gasteiger partial charge in [-0.15, -0.1) is 0 Å². The summed E-state index contributed by atoms with van der Waals surface area (Å²) >= 11 is 1.35. The maximum absolute atomic E-state index is 12.6. The van der Waals surface area contributed by atoms with E-state index in [4.69, 9.17) is 4.74 Å². The van der Waals surface area contributed by atoms with Crippen molar-refractivity contribution in [2.75, 3.05) is 37.9 Å². The van der Waals surface area contributed by atoms with Crippen LogP contribution in [0.5, 0.6) is 0 Å². The minimum atomic E-state index is -3.52. The number of thioether (sulfide) groups is 1. The molecule has 10 heteroatoms. The molecule has 172 valence electrons. The summed E-state index contributed by atoms with van der Waals surface area (Å²) in [5, 5.41) is 3.56. The van der Waals surface area contributed by atoms with E-state index in [1.165, 1.54) is 28.2 Å². The van der Waals surface area contributed by atoms with Gasteiger partial charge in [-0.1, -0.05) is 37.7 Å². The first-order valence-electron chi connectivity index (χ1n) is 10.4. The van der Waals surface area contributed by atoms with Gasteiger partial charge >= 0.3 is 0 Å². The number of nitrogens with one attached hydrogen (secondary N) is 1. The molecular formula is C22H28N4O4S2. The second kappa shape index (κ2) is 11.0. The lowest BCUT2D eigenvalue weighted by Crippen LogP contribution is -2.30. The first kappa shape index (κ1) is 24.2. The molecule has 0 atom stereocenters. The number of aromatic nitrogens is 2. The van der Waals surface area contributed by atoms with Gasteiger partial charge in [0.05, 0.1) is 28.3 Å². The van der Waals surface area contributed by atoms with Crippen LogP contribution < -0.4 is 5.32 Å². The van der Waals surface area contributed by atoms with Crippen molar-refractivity contribution in [2.24, 2.45) is 0 Å². The smallest absolute Gasteiger partial charge is 0.243 e. The van der Waals surface area contributed by atoms with E-state index < -0.39 is 10.0 Å². The number of amides is 1. The van der Waals surface area contributed by atoms with E-state index in [2.05, 4.69) is 10.3 Å². The molecule has 1 heterocycles. The fraction of sp³-hybridized carbons (Fsp3) is 0.364. The van der Waals surface area contributed by atoms with Gasteiger partial charge in [0.2, 0.25) is 15.9 Å². The van der Waals surface area contributed by atoms with Gasteiger partial charge in [-0.25, -0.2) is 13.4 Å². The van der Waals surface area contributed by atoms with E-state index in [-0.39, 0.29) is 16.6 Å². The lowest BCUT2D eigenvalue weighted by molar-refractivity contribution is -0.113. The minimum Gasteiger partial charge on any atom is -0.383 e. The third-order valence-electron chi connectivity index (χ3n) is 4.95. The number of nitrogens with zero attached hydrogens (tertiary/aromatic N) is 3. The first-order chi connectivity index (χ1) is 15.4. The van der Waals surface area contributed by atoms with Gasteiger partial charge in [-0.2, -0.15) is 4.31 Å². The molecule has 8 nitrogen and oxygen atoms in total. The average Bonchev–Trinajstić information content (AvgIpc) is 3.14. The molecule has 3 rings (SSSR count). The molecule has 1 amide bonds. The highest BCUT2D eigenvalue weighted by molar-refractivity contribution is 7.99. The standard InChI is InChI=1S/C22H28N4O4S2/c1-4-25(5-2)32(28,29)18-12-10-17(11-13-18)23-21(27)16-31-22-24-19-8-6-7-9-20(19)26(22)14-15-30-3/h6-13H,4-5,14-16H2,1-3H3,(H,23,27). The summed E-state index contributed by atoms with van der Waals surface area (Å²) in [7, 11) is -1.87. The number of carbonyl (C=O) groups excluding carboxylic acids is 1. The van der Waals surface area contributed by atoms with Crippen LogP contribution in [0.2, 0.25) is 0 Å². The number of methoxy groups -OCH3 is 1. The Morgan fingerprint density at radius 2 is 1.81 bits per heavy atom. The van der Waals surface area contributed by atoms with Crippen molar-refractivity contribution >= 4 is 44.4 Å². The summed E-state index contributed by atoms with van der Waals surface area (Å²) in [6.07, 6.45) is 0. The first-order valence-corrected chi connectivity index (χ1v) is 12.8. The summed E-state index contributed by atoms with van der Waals surface area (Å²) in [5.41, 5.74) is 2.41. The third kappa shape index (κ3) is 5.50. The Kier molecular flexibility index (Phi) is 8.30. The summed E-state index contributed by atoms with van der Waals surface area (Å²) in [6.45, 7) is 5.60. The number of sulfonamides is 1. The topological polar surface area (TPSA) is 93.5 Å². The predicted molar refractivity (Wildman–Crippen MR) is 128 cm³/mol. The Morgan fingerprint density at radius 1 is 1.12 bits per heavy atom. The van der Waals surface area contributed by atoms with Crippen LogP contribution in [0.3, 0.4) is 0 Å². The van der Waals surface area contributed by atoms with Crippen molar-refractivity contribution in [2.45, 2.75) is 30.4 Å². The molecule has 0 aliphatic rings. The van der Waals surface area contributed by atoms with Crippen LogP contribution in [-0.4, -0.2) is 60.7 Å². The molecule has 0 saturated heterocycles. The minimum absolute atomic E-state index is 0.176. The summed E-state index contributed by atoms with van der Waals surface area (Å²) in [5.74, 6) is -0.0183. The Balaban J connectivity index is 1.65. The maximum Gasteiger partial charge on any atom is 0.243 e. The molecule has 0 aliphatic carbocycles. The molecule has 0 fully saturated rings. The second-order valence-electron chi connectivity index (χ2n) is 6.98. The molecule has 32 heavy (non-hydrogen) atoms. The molecule has 1 N–H and O–H groups in total. The van der Waals surface area contributed by atoms with Gasteiger partial charge in [0.25, 0.3) is 0 Å². The number of carbonyl (C=O) groups is 1. The maximum atomic E-state index is 12.6. The number of ether oxygens (including phenoxy) is 1. The summed E-state index contributed by atoms with van der Waals surface area (Å²) in [4.78, 5) is 17.3. The zero-order valence-corrected chi connectivity index (χ0v) is 20.1. The normalized spacial score (nSPS) is 11.9. The molecular weight excluding hydrogens is 448 g/mol. The number of benzene rings is 2. The van der Waals surface area contributed by atoms with Gasteiger partial charge in [-0.05, 0) is 36.4 Å². The van der Waals surface area contributed by atoms with Crippen LogP contribution in [0, 0.1) is 0 Å². The monoisotopic (exact) mass is 476 g/mol. The van der Waals surface area contributed by atoms with Crippen LogP contribution in [0.15, 0.2) is 58.6 Å². The molecule has 0 radical (unpaired) electrons. The lowest BCUT2D eigenvalue weighted by atomic mass is 10.3. The Hall–Kier alpha value is -2.40. The van der Waals surface area contributed by atoms with Gasteiger partial charge in [0.15, 0.2) is 5.16 Å². The van der Waals surface area contributed by atoms with Crippen LogP contribution in [0.1, 0.15) is 13.8 Å². The van der Waals surface area contributed by atoms with Crippen molar-refractivity contribution in [3.63, 3.8) is 0 Å². The number of imidazole rings is 1. The van der Waals surface area contributed by atoms with Crippen molar-refractivity contribution in [1.82, 2.24) is 13.9 Å². The van der Waals surface area contributed by atoms with Crippen LogP contribution in [0.25, 0.3) is 11.0 Å². The van der Waals surface area contributed by atoms with E-state index in [1.807, 2.05) is 28.8 Å². The molecule has 0 unspecified atom stereocenters. The number of para-hydroxylation sites is 2. The molecule has 1 aromatic heterocycles. The largest absolute Gasteiger partial charge is 0.383 e. The van der Waals surface area contributed by atoms with E-state index in [9.17, 15) is 13.2 Å². The highest BCUT2D eigenvalue weighted by Gasteiger charge is 2.21. The summed E-state index contributed by atoms with van der Waals surface area (Å²) < 4.78 is 33.8. The molecule has 3 aromatic rings. The Morgan fingerprint density at radius 3 is 2.47 bits per heavy atom. The average molecular weight is 477 g/mol. The molecule has 0 spiro atoms. The molecule has 0 bridgehead atoms. The Bertz CT molecular complexity index is 1160. The van der Waals surface area contributed by atoms with Crippen LogP contribution in [0.4, 0.5) is 5.69 Å². The molecule has 2 aromatic carbocycles. The fourth-order valence-corrected chi connectivity index (χ4v) is 5.61. The van der Waals surface area contributed by atoms with Crippen molar-refractivity contribution in [1.29, 1.82) is 0 Å². The van der Waals surface area contributed by atoms with E-state index in [0.29, 0.717) is 31.9 Å². The van der Waals surface area contributed by atoms with Gasteiger partial charge in [0, 0.05) is 32.4 Å². The lowest BCUT2D eigenvalue weighted by Gasteiger charge is -2.18. The van der Waals surface area contributed by atoms with Gasteiger partial charge in [0.1, 0.15) is 0 Å². The van der Waals surface area contributed by atoms with Gasteiger partial charge < -0.3 is 14.6 Å². The highest BCUT2D eigenvalue weighted by Crippen LogP contribution is 2.24. The second-order valence-corrected chi connectivity index (χ2v) is 9.86. The van der Waals surface area contributed by atoms with Crippen molar-refractivity contribution in [3.05, 3.63) is 48.5 Å². The number of hydrogen-bond acceptors (Lipinski definition) is 6. The van der Waals surface area contributed by atoms with Crippen molar-refractivity contribution < 1.29 is 17.9 Å². The van der Waals surface area contributed by atoms with E-state index >= 15 is 0 Å². The van der Waals surface area contributed by atoms with E-state index in [1.54, 1.807) is 33.1 Å². The molecule has 0 saturated carbocycles. The zero-order valence-electron chi connectivity index (χ0n) is 18.4. The number of hydrogen-bond donors (Lipinski definition) is 1.